The Hall–Kier alpha value is -2.38. The second-order valence-electron chi connectivity index (χ2n) is 8.97. The molecule has 0 atom stereocenters. The van der Waals surface area contributed by atoms with Crippen molar-refractivity contribution < 1.29 is 9.53 Å². The number of nitrogens with one attached hydrogen (secondary N) is 2. The molecule has 0 saturated carbocycles. The number of benzene rings is 1. The van der Waals surface area contributed by atoms with Crippen LogP contribution in [0.25, 0.3) is 5.69 Å². The van der Waals surface area contributed by atoms with Crippen LogP contribution in [0.4, 0.5) is 0 Å². The Balaban J connectivity index is 1.42. The number of ether oxygens (including phenoxy) is 1. The lowest BCUT2D eigenvalue weighted by atomic mass is 9.86. The second kappa shape index (κ2) is 7.80. The van der Waals surface area contributed by atoms with Crippen LogP contribution in [0.2, 0.25) is 0 Å². The van der Waals surface area contributed by atoms with E-state index >= 15 is 0 Å². The number of piperidine rings is 1. The molecule has 2 saturated heterocycles. The topological polar surface area (TPSA) is 71.4 Å². The zero-order valence-electron chi connectivity index (χ0n) is 17.6. The number of amides is 1. The van der Waals surface area contributed by atoms with Crippen LogP contribution >= 0.6 is 0 Å². The van der Waals surface area contributed by atoms with Crippen LogP contribution in [-0.2, 0) is 11.3 Å². The summed E-state index contributed by atoms with van der Waals surface area (Å²) in [4.78, 5) is 19.7. The maximum Gasteiger partial charge on any atom is 0.240 e. The van der Waals surface area contributed by atoms with Gasteiger partial charge in [-0.1, -0.05) is 13.8 Å². The number of carbonyl (C=O) groups excluding carboxylic acids is 1. The highest BCUT2D eigenvalue weighted by atomic mass is 16.5. The van der Waals surface area contributed by atoms with Gasteiger partial charge in [0.2, 0.25) is 5.91 Å². The largest absolute Gasteiger partial charge is 0.497 e. The normalized spacial score (nSPS) is 21.6. The van der Waals surface area contributed by atoms with Gasteiger partial charge in [-0.25, -0.2) is 4.98 Å². The van der Waals surface area contributed by atoms with Crippen molar-refractivity contribution in [3.05, 3.63) is 42.5 Å². The first-order chi connectivity index (χ1) is 13.9. The first-order valence-electron chi connectivity index (χ1n) is 10.3. The van der Waals surface area contributed by atoms with E-state index in [4.69, 9.17) is 4.74 Å². The fraction of sp³-hybridized carbons (Fsp3) is 0.545. The molecule has 3 heterocycles. The summed E-state index contributed by atoms with van der Waals surface area (Å²) in [6.07, 6.45) is 5.47. The average molecular weight is 398 g/mol. The average Bonchev–Trinajstić information content (AvgIpc) is 3.16. The molecular formula is C22H31N5O2. The van der Waals surface area contributed by atoms with E-state index in [1.807, 2.05) is 36.7 Å². The zero-order valence-corrected chi connectivity index (χ0v) is 17.6. The van der Waals surface area contributed by atoms with Gasteiger partial charge >= 0.3 is 0 Å². The van der Waals surface area contributed by atoms with Gasteiger partial charge in [-0.15, -0.1) is 0 Å². The van der Waals surface area contributed by atoms with Gasteiger partial charge in [0.25, 0.3) is 0 Å². The third-order valence-corrected chi connectivity index (χ3v) is 6.21. The molecule has 2 aliphatic heterocycles. The Labute approximate surface area is 172 Å². The Kier molecular flexibility index (Phi) is 5.36. The number of carbonyl (C=O) groups is 1. The van der Waals surface area contributed by atoms with E-state index in [-0.39, 0.29) is 11.3 Å². The van der Waals surface area contributed by atoms with E-state index in [0.29, 0.717) is 0 Å². The van der Waals surface area contributed by atoms with E-state index in [0.717, 1.165) is 62.8 Å². The molecular weight excluding hydrogens is 366 g/mol. The summed E-state index contributed by atoms with van der Waals surface area (Å²) in [5.41, 5.74) is 0.716. The lowest BCUT2D eigenvalue weighted by Crippen LogP contribution is -2.60. The molecule has 0 unspecified atom stereocenters. The summed E-state index contributed by atoms with van der Waals surface area (Å²) in [5.74, 6) is 2.00. The van der Waals surface area contributed by atoms with Gasteiger partial charge in [0.15, 0.2) is 0 Å². The lowest BCUT2D eigenvalue weighted by Gasteiger charge is -2.40. The molecule has 156 valence electrons. The van der Waals surface area contributed by atoms with Gasteiger partial charge in [-0.05, 0) is 42.5 Å². The van der Waals surface area contributed by atoms with Crippen molar-refractivity contribution >= 4 is 5.91 Å². The van der Waals surface area contributed by atoms with Crippen LogP contribution in [0.15, 0.2) is 36.7 Å². The smallest absolute Gasteiger partial charge is 0.240 e. The quantitative estimate of drug-likeness (QED) is 0.825. The molecule has 29 heavy (non-hydrogen) atoms. The third kappa shape index (κ3) is 4.16. The Morgan fingerprint density at radius 2 is 1.86 bits per heavy atom. The molecule has 7 heteroatoms. The number of rotatable bonds is 4. The summed E-state index contributed by atoms with van der Waals surface area (Å²) in [6.45, 7) is 8.47. The molecule has 0 radical (unpaired) electrons. The van der Waals surface area contributed by atoms with Crippen molar-refractivity contribution in [3.63, 3.8) is 0 Å². The van der Waals surface area contributed by atoms with E-state index < -0.39 is 5.54 Å². The number of imidazole rings is 1. The van der Waals surface area contributed by atoms with Gasteiger partial charge < -0.3 is 19.9 Å². The summed E-state index contributed by atoms with van der Waals surface area (Å²) in [6, 6.07) is 8.00. The van der Waals surface area contributed by atoms with Gasteiger partial charge in [0, 0.05) is 44.3 Å². The molecule has 2 aromatic rings. The molecule has 4 rings (SSSR count). The SMILES string of the molecule is COc1ccc(-n2ccnc2CN2CCC3(CC2)NCC(C)(C)CNC3=O)cc1. The molecule has 2 fully saturated rings. The summed E-state index contributed by atoms with van der Waals surface area (Å²) < 4.78 is 7.37. The maximum absolute atomic E-state index is 12.8. The maximum atomic E-state index is 12.8. The fourth-order valence-corrected chi connectivity index (χ4v) is 4.17. The van der Waals surface area contributed by atoms with Crippen LogP contribution in [0.3, 0.4) is 0 Å². The molecule has 1 spiro atoms. The van der Waals surface area contributed by atoms with E-state index in [9.17, 15) is 4.79 Å². The Morgan fingerprint density at radius 3 is 2.55 bits per heavy atom. The Morgan fingerprint density at radius 1 is 1.14 bits per heavy atom. The monoisotopic (exact) mass is 397 g/mol. The summed E-state index contributed by atoms with van der Waals surface area (Å²) >= 11 is 0. The predicted molar refractivity (Wildman–Crippen MR) is 112 cm³/mol. The van der Waals surface area contributed by atoms with Crippen LogP contribution in [0.5, 0.6) is 5.75 Å². The van der Waals surface area contributed by atoms with Crippen molar-refractivity contribution in [1.29, 1.82) is 0 Å². The molecule has 2 N–H and O–H groups in total. The van der Waals surface area contributed by atoms with Crippen LogP contribution in [-0.4, -0.2) is 59.2 Å². The number of hydrogen-bond acceptors (Lipinski definition) is 5. The summed E-state index contributed by atoms with van der Waals surface area (Å²) in [5, 5.41) is 6.74. The minimum atomic E-state index is -0.435. The van der Waals surface area contributed by atoms with Gasteiger partial charge in [0.05, 0.1) is 13.7 Å². The number of likely N-dealkylation sites (tertiary alicyclic amines) is 1. The molecule has 2 aliphatic rings. The minimum Gasteiger partial charge on any atom is -0.497 e. The highest BCUT2D eigenvalue weighted by Gasteiger charge is 2.44. The van der Waals surface area contributed by atoms with Crippen molar-refractivity contribution in [1.82, 2.24) is 25.1 Å². The van der Waals surface area contributed by atoms with Gasteiger partial charge in [-0.2, -0.15) is 0 Å². The minimum absolute atomic E-state index is 0.0827. The van der Waals surface area contributed by atoms with Crippen molar-refractivity contribution in [2.75, 3.05) is 33.3 Å². The summed E-state index contributed by atoms with van der Waals surface area (Å²) in [7, 11) is 1.67. The molecule has 0 aliphatic carbocycles. The molecule has 1 amide bonds. The molecule has 1 aromatic heterocycles. The van der Waals surface area contributed by atoms with E-state index in [2.05, 4.69) is 38.9 Å². The highest BCUT2D eigenvalue weighted by molar-refractivity contribution is 5.86. The fourth-order valence-electron chi connectivity index (χ4n) is 4.17. The van der Waals surface area contributed by atoms with E-state index in [1.165, 1.54) is 0 Å². The number of methoxy groups -OCH3 is 1. The third-order valence-electron chi connectivity index (χ3n) is 6.21. The highest BCUT2D eigenvalue weighted by Crippen LogP contribution is 2.28. The zero-order chi connectivity index (χ0) is 20.5. The van der Waals surface area contributed by atoms with Crippen molar-refractivity contribution in [2.45, 2.75) is 38.8 Å². The van der Waals surface area contributed by atoms with Crippen LogP contribution in [0.1, 0.15) is 32.5 Å². The van der Waals surface area contributed by atoms with Crippen LogP contribution in [0, 0.1) is 5.41 Å². The predicted octanol–water partition coefficient (Wildman–Crippen LogP) is 1.96. The second-order valence-corrected chi connectivity index (χ2v) is 8.97. The van der Waals surface area contributed by atoms with Gasteiger partial charge in [-0.3, -0.25) is 9.69 Å². The molecule has 1 aromatic carbocycles. The first kappa shape index (κ1) is 19.9. The number of hydrogen-bond donors (Lipinski definition) is 2. The first-order valence-corrected chi connectivity index (χ1v) is 10.3. The van der Waals surface area contributed by atoms with Crippen molar-refractivity contribution in [3.8, 4) is 11.4 Å². The lowest BCUT2D eigenvalue weighted by molar-refractivity contribution is -0.129. The number of nitrogens with zero attached hydrogens (tertiary/aromatic N) is 3. The molecule has 7 nitrogen and oxygen atoms in total. The standard InChI is InChI=1S/C22H31N5O2/c1-21(2)15-24-20(28)22(25-16-21)8-11-26(12-9-22)14-19-23-10-13-27(19)17-4-6-18(29-3)7-5-17/h4-7,10,13,25H,8-9,11-12,14-16H2,1-3H3,(H,24,28). The number of aromatic nitrogens is 2. The van der Waals surface area contributed by atoms with E-state index in [1.54, 1.807) is 7.11 Å². The molecule has 0 bridgehead atoms. The van der Waals surface area contributed by atoms with Crippen LogP contribution < -0.4 is 15.4 Å². The Bertz CT molecular complexity index is 850. The van der Waals surface area contributed by atoms with Crippen molar-refractivity contribution in [2.24, 2.45) is 5.41 Å². The van der Waals surface area contributed by atoms with Gasteiger partial charge in [0.1, 0.15) is 17.1 Å².